The van der Waals surface area contributed by atoms with Crippen LogP contribution in [0.4, 0.5) is 0 Å². The smallest absolute Gasteiger partial charge is 0 e. The van der Waals surface area contributed by atoms with Crippen LogP contribution in [0.1, 0.15) is 25.3 Å². The van der Waals surface area contributed by atoms with E-state index >= 15 is 0 Å². The Morgan fingerprint density at radius 2 is 1.47 bits per heavy atom. The first-order valence-electron chi connectivity index (χ1n) is 15.1. The van der Waals surface area contributed by atoms with Crippen LogP contribution in [0, 0.1) is 12.1 Å². The van der Waals surface area contributed by atoms with Gasteiger partial charge in [0.25, 0.3) is 0 Å². The number of hydrogen-bond acceptors (Lipinski definition) is 3. The quantitative estimate of drug-likeness (QED) is 0.128. The molecular weight excluding hydrogens is 789 g/mol. The maximum absolute atomic E-state index is 6.14. The summed E-state index contributed by atoms with van der Waals surface area (Å²) in [6.45, 7) is 4.38. The van der Waals surface area contributed by atoms with Crippen LogP contribution in [-0.2, 0) is 20.1 Å². The molecule has 45 heavy (non-hydrogen) atoms. The number of furan rings is 1. The van der Waals surface area contributed by atoms with Crippen LogP contribution in [0.2, 0.25) is 17.3 Å². The van der Waals surface area contributed by atoms with Gasteiger partial charge in [0.05, 0.1) is 5.58 Å². The summed E-state index contributed by atoms with van der Waals surface area (Å²) in [7, 11) is 0. The molecule has 0 N–H and O–H groups in total. The molecule has 3 heterocycles. The van der Waals surface area contributed by atoms with Gasteiger partial charge in [-0.05, 0) is 40.3 Å². The molecule has 0 fully saturated rings. The average Bonchev–Trinajstić information content (AvgIpc) is 3.43. The van der Waals surface area contributed by atoms with Gasteiger partial charge in [0.1, 0.15) is 5.58 Å². The van der Waals surface area contributed by atoms with E-state index in [-0.39, 0.29) is 20.1 Å². The zero-order valence-electron chi connectivity index (χ0n) is 26.3. The van der Waals surface area contributed by atoms with E-state index in [4.69, 9.17) is 4.42 Å². The second kappa shape index (κ2) is 14.1. The van der Waals surface area contributed by atoms with Gasteiger partial charge in [0.2, 0.25) is 0 Å². The van der Waals surface area contributed by atoms with Crippen LogP contribution in [0.25, 0.3) is 55.6 Å². The zero-order valence-corrected chi connectivity index (χ0v) is 30.8. The summed E-state index contributed by atoms with van der Waals surface area (Å²) < 4.78 is 7.58. The van der Waals surface area contributed by atoms with Crippen molar-refractivity contribution >= 4 is 39.6 Å². The maximum atomic E-state index is 6.14. The predicted molar refractivity (Wildman–Crippen MR) is 187 cm³/mol. The average molecular weight is 826 g/mol. The van der Waals surface area contributed by atoms with Gasteiger partial charge in [0.15, 0.2) is 0 Å². The van der Waals surface area contributed by atoms with E-state index < -0.39 is 13.3 Å². The molecule has 1 radical (unpaired) electrons. The Morgan fingerprint density at radius 1 is 0.667 bits per heavy atom. The SMILES string of the molecule is CC(C)c1ccnc(-c2[c-]cc3c(c2)oc2ccc(-c4ccccc4)cc23)c1.[CH3][Ge]([CH3])([CH3])[c]1ccc(-c2[c-]cccc2)nc1.[Ir]. The molecule has 0 unspecified atom stereocenters. The minimum atomic E-state index is -1.72. The summed E-state index contributed by atoms with van der Waals surface area (Å²) in [6, 6.07) is 43.9. The van der Waals surface area contributed by atoms with Gasteiger partial charge < -0.3 is 9.40 Å². The first-order valence-corrected chi connectivity index (χ1v) is 22.4. The van der Waals surface area contributed by atoms with Crippen LogP contribution in [0.5, 0.6) is 0 Å². The molecule has 7 rings (SSSR count). The Balaban J connectivity index is 0.000000202. The van der Waals surface area contributed by atoms with Crippen molar-refractivity contribution in [2.24, 2.45) is 0 Å². The number of rotatable bonds is 5. The van der Waals surface area contributed by atoms with Crippen molar-refractivity contribution in [2.45, 2.75) is 37.0 Å². The predicted octanol–water partition coefficient (Wildman–Crippen LogP) is 10.3. The van der Waals surface area contributed by atoms with Crippen LogP contribution >= 0.6 is 0 Å². The molecule has 0 saturated heterocycles. The topological polar surface area (TPSA) is 38.9 Å². The van der Waals surface area contributed by atoms with Gasteiger partial charge in [-0.15, -0.1) is 17.7 Å². The molecule has 0 amide bonds. The summed E-state index contributed by atoms with van der Waals surface area (Å²) in [5.41, 5.74) is 9.38. The van der Waals surface area contributed by atoms with Gasteiger partial charge >= 0.3 is 99.8 Å². The third kappa shape index (κ3) is 7.53. The fourth-order valence-corrected chi connectivity index (χ4v) is 7.35. The van der Waals surface area contributed by atoms with Gasteiger partial charge in [-0.3, -0.25) is 0 Å². The van der Waals surface area contributed by atoms with E-state index in [2.05, 4.69) is 120 Å². The second-order valence-corrected chi connectivity index (χ2v) is 23.0. The second-order valence-electron chi connectivity index (χ2n) is 12.4. The monoisotopic (exact) mass is 827 g/mol. The fraction of sp³-hybridized carbons (Fsp3) is 0.150. The molecule has 3 nitrogen and oxygen atoms in total. The molecular formula is C40H36GeIrN2O-2. The molecule has 4 aromatic carbocycles. The van der Waals surface area contributed by atoms with Gasteiger partial charge in [-0.1, -0.05) is 79.4 Å². The number of benzene rings is 4. The van der Waals surface area contributed by atoms with Crippen molar-refractivity contribution in [1.82, 2.24) is 9.97 Å². The van der Waals surface area contributed by atoms with Gasteiger partial charge in [-0.25, -0.2) is 0 Å². The summed E-state index contributed by atoms with van der Waals surface area (Å²) in [4.78, 5) is 9.06. The largest absolute Gasteiger partial charge is 0 e. The third-order valence-electron chi connectivity index (χ3n) is 7.85. The van der Waals surface area contributed by atoms with Gasteiger partial charge in [0, 0.05) is 26.3 Å². The molecule has 0 aliphatic heterocycles. The van der Waals surface area contributed by atoms with Crippen LogP contribution in [0.3, 0.4) is 0 Å². The first kappa shape index (κ1) is 32.6. The summed E-state index contributed by atoms with van der Waals surface area (Å²) in [5.74, 6) is 7.61. The van der Waals surface area contributed by atoms with Gasteiger partial charge in [-0.2, -0.15) is 0 Å². The molecule has 0 saturated carbocycles. The van der Waals surface area contributed by atoms with E-state index in [1.807, 2.05) is 54.9 Å². The number of aromatic nitrogens is 2. The number of pyridine rings is 2. The standard InChI is InChI=1S/C26H20NO.C14H16GeN.Ir/c1-17(2)19-12-13-27-24(15-19)21-8-10-22-23-14-20(18-6-4-3-5-7-18)9-11-25(23)28-26(22)16-21;1-15(2,3)13-9-10-14(16-11-13)12-7-5-4-6-8-12;/h3-7,9-17H,1-2H3;4-7,9-11H,1-3H3;/q2*-1;. The molecule has 0 bridgehead atoms. The molecule has 0 atom stereocenters. The van der Waals surface area contributed by atoms with Crippen molar-refractivity contribution in [2.75, 3.05) is 0 Å². The summed E-state index contributed by atoms with van der Waals surface area (Å²) in [6.07, 6.45) is 3.91. The van der Waals surface area contributed by atoms with Crippen LogP contribution in [0.15, 0.2) is 126 Å². The Hall–Kier alpha value is -3.83. The van der Waals surface area contributed by atoms with E-state index in [1.54, 1.807) is 0 Å². The molecule has 3 aromatic heterocycles. The number of nitrogens with zero attached hydrogens (tertiary/aromatic N) is 2. The van der Waals surface area contributed by atoms with Crippen LogP contribution in [-0.4, -0.2) is 23.2 Å². The zero-order chi connectivity index (χ0) is 30.7. The maximum Gasteiger partial charge on any atom is 0 e. The minimum absolute atomic E-state index is 0. The van der Waals surface area contributed by atoms with Crippen molar-refractivity contribution in [1.29, 1.82) is 0 Å². The minimum Gasteiger partial charge on any atom is 0 e. The van der Waals surface area contributed by atoms with E-state index in [9.17, 15) is 0 Å². The van der Waals surface area contributed by atoms with E-state index in [1.165, 1.54) is 21.1 Å². The Kier molecular flexibility index (Phi) is 10.2. The Bertz CT molecular complexity index is 2010. The van der Waals surface area contributed by atoms with Crippen molar-refractivity contribution in [3.05, 3.63) is 139 Å². The van der Waals surface area contributed by atoms with Crippen molar-refractivity contribution in [3.63, 3.8) is 0 Å². The molecule has 7 aromatic rings. The molecule has 0 spiro atoms. The normalized spacial score (nSPS) is 11.2. The van der Waals surface area contributed by atoms with E-state index in [0.29, 0.717) is 5.92 Å². The van der Waals surface area contributed by atoms with Crippen molar-refractivity contribution in [3.8, 4) is 33.6 Å². The van der Waals surface area contributed by atoms with Crippen molar-refractivity contribution < 1.29 is 24.5 Å². The number of hydrogen-bond donors (Lipinski definition) is 0. The van der Waals surface area contributed by atoms with Crippen LogP contribution < -0.4 is 4.40 Å². The first-order chi connectivity index (χ1) is 21.3. The fourth-order valence-electron chi connectivity index (χ4n) is 5.18. The molecule has 0 aliphatic rings. The Labute approximate surface area is 282 Å². The van der Waals surface area contributed by atoms with E-state index in [0.717, 1.165) is 44.5 Å². The molecule has 0 aliphatic carbocycles. The number of fused-ring (bicyclic) bond motifs is 3. The summed E-state index contributed by atoms with van der Waals surface area (Å²) in [5, 5.41) is 2.19. The molecule has 5 heteroatoms. The summed E-state index contributed by atoms with van der Waals surface area (Å²) >= 11 is -1.72. The third-order valence-corrected chi connectivity index (χ3v) is 12.1. The molecule has 227 valence electrons. The Morgan fingerprint density at radius 3 is 2.16 bits per heavy atom.